The standard InChI is InChI=1S/C59H34N6O/c1-61-50-24-12-10-21-44(50)40-28-31-52-48(34-40)47-33-39(43-20-9-8-19-42(43)36-60)27-30-51(47)65(52)53-32-29-41(45-23-14-26-55-56(45)46-22-11-13-25-54(46)66-55)35-49(53)59-63-57(37-15-4-2-5-16-37)62-58(64-59)38-17-6-3-7-18-38/h2-35H. The quantitative estimate of drug-likeness (QED) is 0.149. The third-order valence-corrected chi connectivity index (χ3v) is 12.4. The Morgan fingerprint density at radius 1 is 0.439 bits per heavy atom. The van der Waals surface area contributed by atoms with E-state index in [-0.39, 0.29) is 0 Å². The maximum absolute atomic E-state index is 10.2. The van der Waals surface area contributed by atoms with Gasteiger partial charge in [-0.05, 0) is 88.0 Å². The van der Waals surface area contributed by atoms with Gasteiger partial charge in [0.2, 0.25) is 0 Å². The van der Waals surface area contributed by atoms with Gasteiger partial charge < -0.3 is 8.98 Å². The Kier molecular flexibility index (Phi) is 9.12. The maximum atomic E-state index is 10.2. The number of nitrogens with zero attached hydrogens (tertiary/aromatic N) is 6. The first-order valence-electron chi connectivity index (χ1n) is 21.6. The monoisotopic (exact) mass is 842 g/mol. The third kappa shape index (κ3) is 6.39. The Hall–Kier alpha value is -9.43. The first kappa shape index (κ1) is 38.3. The highest BCUT2D eigenvalue weighted by Crippen LogP contribution is 2.44. The molecule has 0 saturated carbocycles. The molecule has 0 spiro atoms. The van der Waals surface area contributed by atoms with Gasteiger partial charge in [-0.1, -0.05) is 152 Å². The van der Waals surface area contributed by atoms with Gasteiger partial charge in [0.25, 0.3) is 0 Å². The number of furan rings is 1. The van der Waals surface area contributed by atoms with Gasteiger partial charge in [-0.2, -0.15) is 5.26 Å². The molecule has 0 saturated heterocycles. The zero-order valence-electron chi connectivity index (χ0n) is 35.2. The molecule has 0 unspecified atom stereocenters. The van der Waals surface area contributed by atoms with E-state index in [9.17, 15) is 5.26 Å². The Labute approximate surface area is 379 Å². The first-order chi connectivity index (χ1) is 32.6. The fourth-order valence-electron chi connectivity index (χ4n) is 9.29. The predicted octanol–water partition coefficient (Wildman–Crippen LogP) is 15.3. The summed E-state index contributed by atoms with van der Waals surface area (Å²) in [6.45, 7) is 7.98. The minimum absolute atomic E-state index is 0.515. The highest BCUT2D eigenvalue weighted by Gasteiger charge is 2.23. The van der Waals surface area contributed by atoms with Crippen molar-refractivity contribution < 1.29 is 4.42 Å². The molecule has 0 radical (unpaired) electrons. The van der Waals surface area contributed by atoms with Crippen molar-refractivity contribution in [1.82, 2.24) is 19.5 Å². The van der Waals surface area contributed by atoms with Crippen LogP contribution in [0.25, 0.3) is 122 Å². The molecule has 0 fully saturated rings. The molecular formula is C59H34N6O. The van der Waals surface area contributed by atoms with E-state index in [1.807, 2.05) is 140 Å². The van der Waals surface area contributed by atoms with Crippen LogP contribution in [-0.2, 0) is 0 Å². The van der Waals surface area contributed by atoms with Crippen LogP contribution in [0.4, 0.5) is 5.69 Å². The van der Waals surface area contributed by atoms with Crippen molar-refractivity contribution in [1.29, 1.82) is 5.26 Å². The largest absolute Gasteiger partial charge is 0.456 e. The van der Waals surface area contributed by atoms with Crippen LogP contribution in [-0.4, -0.2) is 19.5 Å². The van der Waals surface area contributed by atoms with Gasteiger partial charge in [0, 0.05) is 38.2 Å². The molecule has 7 nitrogen and oxygen atoms in total. The van der Waals surface area contributed by atoms with Gasteiger partial charge >= 0.3 is 0 Å². The molecule has 0 aliphatic heterocycles. The minimum atomic E-state index is 0.515. The number of nitriles is 1. The van der Waals surface area contributed by atoms with E-state index in [0.717, 1.165) is 99.5 Å². The lowest BCUT2D eigenvalue weighted by atomic mass is 9.96. The number of para-hydroxylation sites is 2. The maximum Gasteiger partial charge on any atom is 0.194 e. The van der Waals surface area contributed by atoms with Gasteiger partial charge in [0.05, 0.1) is 34.9 Å². The van der Waals surface area contributed by atoms with Crippen LogP contribution in [0.15, 0.2) is 211 Å². The molecule has 12 rings (SSSR count). The van der Waals surface area contributed by atoms with Crippen LogP contribution >= 0.6 is 0 Å². The van der Waals surface area contributed by atoms with Crippen LogP contribution in [0.5, 0.6) is 0 Å². The highest BCUT2D eigenvalue weighted by molar-refractivity contribution is 6.14. The van der Waals surface area contributed by atoms with E-state index in [4.69, 9.17) is 25.9 Å². The Morgan fingerprint density at radius 3 is 1.68 bits per heavy atom. The lowest BCUT2D eigenvalue weighted by molar-refractivity contribution is 0.669. The van der Waals surface area contributed by atoms with E-state index in [1.165, 1.54) is 0 Å². The van der Waals surface area contributed by atoms with Gasteiger partial charge in [0.1, 0.15) is 11.2 Å². The molecule has 0 aliphatic rings. The summed E-state index contributed by atoms with van der Waals surface area (Å²) in [6.07, 6.45) is 0. The fraction of sp³-hybridized carbons (Fsp3) is 0. The summed E-state index contributed by atoms with van der Waals surface area (Å²) >= 11 is 0. The van der Waals surface area contributed by atoms with E-state index >= 15 is 0 Å². The van der Waals surface area contributed by atoms with Crippen molar-refractivity contribution >= 4 is 49.4 Å². The average molecular weight is 843 g/mol. The summed E-state index contributed by atoms with van der Waals surface area (Å²) < 4.78 is 8.67. The van der Waals surface area contributed by atoms with E-state index in [0.29, 0.717) is 28.7 Å². The van der Waals surface area contributed by atoms with Crippen LogP contribution in [0.1, 0.15) is 5.56 Å². The Balaban J connectivity index is 1.18. The van der Waals surface area contributed by atoms with Crippen molar-refractivity contribution in [2.24, 2.45) is 0 Å². The van der Waals surface area contributed by atoms with Crippen molar-refractivity contribution in [3.8, 4) is 79.3 Å². The van der Waals surface area contributed by atoms with Gasteiger partial charge in [0.15, 0.2) is 23.2 Å². The fourth-order valence-corrected chi connectivity index (χ4v) is 9.29. The second-order valence-corrected chi connectivity index (χ2v) is 16.1. The van der Waals surface area contributed by atoms with Crippen LogP contribution < -0.4 is 0 Å². The molecule has 12 aromatic rings. The van der Waals surface area contributed by atoms with Gasteiger partial charge in [-0.25, -0.2) is 19.8 Å². The minimum Gasteiger partial charge on any atom is -0.456 e. The SMILES string of the molecule is [C-]#[N+]c1ccccc1-c1ccc2c(c1)c1cc(-c3ccccc3C#N)ccc1n2-c1ccc(-c2cccc3oc4ccccc4c23)cc1-c1nc(-c2ccccc2)nc(-c2ccccc2)n1. The normalized spacial score (nSPS) is 11.3. The molecule has 3 aromatic heterocycles. The molecule has 0 aliphatic carbocycles. The number of aromatic nitrogens is 4. The second-order valence-electron chi connectivity index (χ2n) is 16.1. The second kappa shape index (κ2) is 15.7. The zero-order valence-corrected chi connectivity index (χ0v) is 35.2. The highest BCUT2D eigenvalue weighted by atomic mass is 16.3. The number of rotatable bonds is 7. The molecular weight excluding hydrogens is 809 g/mol. The number of fused-ring (bicyclic) bond motifs is 6. The summed E-state index contributed by atoms with van der Waals surface area (Å²) in [7, 11) is 0. The number of benzene rings is 9. The summed E-state index contributed by atoms with van der Waals surface area (Å²) in [5.74, 6) is 1.63. The molecule has 0 amide bonds. The third-order valence-electron chi connectivity index (χ3n) is 12.4. The van der Waals surface area contributed by atoms with Gasteiger partial charge in [-0.15, -0.1) is 0 Å². The van der Waals surface area contributed by atoms with Crippen molar-refractivity contribution in [3.05, 3.63) is 223 Å². The lowest BCUT2D eigenvalue weighted by Gasteiger charge is -2.17. The van der Waals surface area contributed by atoms with Crippen LogP contribution in [0.3, 0.4) is 0 Å². The predicted molar refractivity (Wildman–Crippen MR) is 265 cm³/mol. The molecule has 3 heterocycles. The molecule has 306 valence electrons. The van der Waals surface area contributed by atoms with Crippen LogP contribution in [0, 0.1) is 17.9 Å². The van der Waals surface area contributed by atoms with Crippen molar-refractivity contribution in [3.63, 3.8) is 0 Å². The van der Waals surface area contributed by atoms with E-state index in [1.54, 1.807) is 0 Å². The molecule has 0 N–H and O–H groups in total. The Morgan fingerprint density at radius 2 is 0.985 bits per heavy atom. The Bertz CT molecular complexity index is 3790. The number of hydrogen-bond acceptors (Lipinski definition) is 5. The molecule has 0 bridgehead atoms. The van der Waals surface area contributed by atoms with E-state index < -0.39 is 0 Å². The number of hydrogen-bond donors (Lipinski definition) is 0. The summed E-state index contributed by atoms with van der Waals surface area (Å²) in [5, 5.41) is 14.2. The smallest absolute Gasteiger partial charge is 0.194 e. The molecule has 7 heteroatoms. The molecule has 9 aromatic carbocycles. The lowest BCUT2D eigenvalue weighted by Crippen LogP contribution is -2.04. The molecule has 0 atom stereocenters. The summed E-state index contributed by atoms with van der Waals surface area (Å²) in [6, 6.07) is 71.6. The summed E-state index contributed by atoms with van der Waals surface area (Å²) in [5.41, 5.74) is 13.7. The molecule has 66 heavy (non-hydrogen) atoms. The van der Waals surface area contributed by atoms with E-state index in [2.05, 4.69) is 82.2 Å². The first-order valence-corrected chi connectivity index (χ1v) is 21.6. The van der Waals surface area contributed by atoms with Crippen LogP contribution in [0.2, 0.25) is 0 Å². The topological polar surface area (TPSA) is 84.9 Å². The zero-order chi connectivity index (χ0) is 44.1. The van der Waals surface area contributed by atoms with Crippen molar-refractivity contribution in [2.45, 2.75) is 0 Å². The van der Waals surface area contributed by atoms with Crippen molar-refractivity contribution in [2.75, 3.05) is 0 Å². The average Bonchev–Trinajstić information content (AvgIpc) is 3.94. The van der Waals surface area contributed by atoms with Gasteiger partial charge in [-0.3, -0.25) is 0 Å². The summed E-state index contributed by atoms with van der Waals surface area (Å²) in [4.78, 5) is 19.5.